The Hall–Kier alpha value is -3.14. The van der Waals surface area contributed by atoms with Gasteiger partial charge in [-0.1, -0.05) is 12.1 Å². The SMILES string of the molecule is COc1cc(C(F)(F)F)ccc1[C@@H]1CCOc2cc(S(=O)(=O)Cc3ncccn3)ccc21. The summed E-state index contributed by atoms with van der Waals surface area (Å²) in [5, 5.41) is 0. The highest BCUT2D eigenvalue weighted by Gasteiger charge is 2.33. The molecule has 0 unspecified atom stereocenters. The minimum absolute atomic E-state index is 0.0590. The van der Waals surface area contributed by atoms with E-state index in [1.165, 1.54) is 37.7 Å². The Morgan fingerprint density at radius 3 is 2.50 bits per heavy atom. The number of fused-ring (bicyclic) bond motifs is 1. The van der Waals surface area contributed by atoms with E-state index in [4.69, 9.17) is 9.47 Å². The molecule has 2 aromatic carbocycles. The Bertz CT molecular complexity index is 1230. The maximum Gasteiger partial charge on any atom is 0.416 e. The summed E-state index contributed by atoms with van der Waals surface area (Å²) in [6, 6.07) is 9.53. The van der Waals surface area contributed by atoms with Gasteiger partial charge in [0.15, 0.2) is 9.84 Å². The van der Waals surface area contributed by atoms with Crippen molar-refractivity contribution in [3.8, 4) is 11.5 Å². The predicted molar refractivity (Wildman–Crippen MR) is 109 cm³/mol. The first-order chi connectivity index (χ1) is 15.2. The summed E-state index contributed by atoms with van der Waals surface area (Å²) in [6.45, 7) is 0.285. The second-order valence-corrected chi connectivity index (χ2v) is 9.26. The van der Waals surface area contributed by atoms with Crippen LogP contribution < -0.4 is 9.47 Å². The smallest absolute Gasteiger partial charge is 0.416 e. The van der Waals surface area contributed by atoms with Crippen LogP contribution in [0.3, 0.4) is 0 Å². The van der Waals surface area contributed by atoms with Crippen molar-refractivity contribution in [2.24, 2.45) is 0 Å². The van der Waals surface area contributed by atoms with Crippen LogP contribution in [-0.4, -0.2) is 32.1 Å². The van der Waals surface area contributed by atoms with Gasteiger partial charge in [-0.05, 0) is 36.8 Å². The van der Waals surface area contributed by atoms with Gasteiger partial charge in [0.2, 0.25) is 0 Å². The van der Waals surface area contributed by atoms with E-state index in [2.05, 4.69) is 9.97 Å². The fourth-order valence-electron chi connectivity index (χ4n) is 3.72. The van der Waals surface area contributed by atoms with Crippen LogP contribution in [0.25, 0.3) is 0 Å². The first kappa shape index (κ1) is 22.1. The number of hydrogen-bond acceptors (Lipinski definition) is 6. The van der Waals surface area contributed by atoms with E-state index < -0.39 is 21.6 Å². The van der Waals surface area contributed by atoms with Crippen molar-refractivity contribution < 1.29 is 31.1 Å². The Morgan fingerprint density at radius 1 is 1.09 bits per heavy atom. The lowest BCUT2D eigenvalue weighted by Crippen LogP contribution is -2.17. The van der Waals surface area contributed by atoms with Crippen LogP contribution in [-0.2, 0) is 21.8 Å². The fourth-order valence-corrected chi connectivity index (χ4v) is 4.94. The Labute approximate surface area is 183 Å². The number of rotatable bonds is 5. The average Bonchev–Trinajstić information content (AvgIpc) is 2.77. The summed E-state index contributed by atoms with van der Waals surface area (Å²) in [6.07, 6.45) is -1.03. The number of halogens is 3. The number of hydrogen-bond donors (Lipinski definition) is 0. The van der Waals surface area contributed by atoms with Gasteiger partial charge in [0, 0.05) is 29.4 Å². The molecule has 1 aliphatic rings. The van der Waals surface area contributed by atoms with Gasteiger partial charge in [0.1, 0.15) is 23.1 Å². The van der Waals surface area contributed by atoms with Gasteiger partial charge in [-0.25, -0.2) is 18.4 Å². The number of benzene rings is 2. The van der Waals surface area contributed by atoms with Gasteiger partial charge in [-0.15, -0.1) is 0 Å². The normalized spacial score (nSPS) is 16.2. The molecule has 6 nitrogen and oxygen atoms in total. The minimum Gasteiger partial charge on any atom is -0.496 e. The molecule has 0 saturated carbocycles. The van der Waals surface area contributed by atoms with Crippen LogP contribution in [0.1, 0.15) is 34.9 Å². The zero-order chi connectivity index (χ0) is 22.9. The van der Waals surface area contributed by atoms with Gasteiger partial charge in [-0.3, -0.25) is 0 Å². The zero-order valence-corrected chi connectivity index (χ0v) is 17.8. The summed E-state index contributed by atoms with van der Waals surface area (Å²) in [5.74, 6) is 0.0144. The number of aromatic nitrogens is 2. The molecule has 168 valence electrons. The van der Waals surface area contributed by atoms with Crippen LogP contribution in [0, 0.1) is 0 Å². The lowest BCUT2D eigenvalue weighted by atomic mass is 9.85. The molecule has 0 bridgehead atoms. The molecule has 0 radical (unpaired) electrons. The van der Waals surface area contributed by atoms with Gasteiger partial charge in [0.25, 0.3) is 0 Å². The van der Waals surface area contributed by atoms with Crippen molar-refractivity contribution in [2.75, 3.05) is 13.7 Å². The number of nitrogens with zero attached hydrogens (tertiary/aromatic N) is 2. The highest BCUT2D eigenvalue weighted by atomic mass is 32.2. The van der Waals surface area contributed by atoms with Crippen molar-refractivity contribution in [1.29, 1.82) is 0 Å². The third kappa shape index (κ3) is 4.40. The fraction of sp³-hybridized carbons (Fsp3) is 0.273. The summed E-state index contributed by atoms with van der Waals surface area (Å²) < 4.78 is 75.8. The highest BCUT2D eigenvalue weighted by Crippen LogP contribution is 2.44. The third-order valence-electron chi connectivity index (χ3n) is 5.26. The first-order valence-electron chi connectivity index (χ1n) is 9.69. The molecule has 0 amide bonds. The maximum atomic E-state index is 13.1. The molecule has 1 aromatic heterocycles. The molecular weight excluding hydrogens is 445 g/mol. The molecule has 0 saturated heterocycles. The largest absolute Gasteiger partial charge is 0.496 e. The van der Waals surface area contributed by atoms with E-state index in [1.54, 1.807) is 12.1 Å². The van der Waals surface area contributed by atoms with Crippen LogP contribution in [0.5, 0.6) is 11.5 Å². The van der Waals surface area contributed by atoms with Crippen molar-refractivity contribution in [3.05, 3.63) is 77.4 Å². The van der Waals surface area contributed by atoms with Crippen LogP contribution in [0.2, 0.25) is 0 Å². The van der Waals surface area contributed by atoms with Gasteiger partial charge in [-0.2, -0.15) is 13.2 Å². The monoisotopic (exact) mass is 464 g/mol. The van der Waals surface area contributed by atoms with E-state index >= 15 is 0 Å². The third-order valence-corrected chi connectivity index (χ3v) is 6.87. The quantitative estimate of drug-likeness (QED) is 0.557. The van der Waals surface area contributed by atoms with Crippen molar-refractivity contribution in [1.82, 2.24) is 9.97 Å². The number of sulfone groups is 1. The summed E-state index contributed by atoms with van der Waals surface area (Å²) in [7, 11) is -2.40. The Kier molecular flexibility index (Phi) is 5.81. The second-order valence-electron chi connectivity index (χ2n) is 7.27. The number of ether oxygens (including phenoxy) is 2. The van der Waals surface area contributed by atoms with Gasteiger partial charge in [0.05, 0.1) is 24.2 Å². The van der Waals surface area contributed by atoms with Crippen LogP contribution >= 0.6 is 0 Å². The minimum atomic E-state index is -4.48. The van der Waals surface area contributed by atoms with E-state index in [0.717, 1.165) is 12.1 Å². The first-order valence-corrected chi connectivity index (χ1v) is 11.3. The molecular formula is C22H19F3N2O4S. The summed E-state index contributed by atoms with van der Waals surface area (Å²) in [4.78, 5) is 7.97. The molecule has 0 aliphatic carbocycles. The standard InChI is InChI=1S/C22H19F3N2O4S/c1-30-19-11-14(22(23,24)25)3-5-17(19)16-7-10-31-20-12-15(4-6-18(16)20)32(28,29)13-21-26-8-2-9-27-21/h2-6,8-9,11-12,16H,7,10,13H2,1H3/t16-/m0/s1. The molecule has 1 aliphatic heterocycles. The predicted octanol–water partition coefficient (Wildman–Crippen LogP) is 4.39. The van der Waals surface area contributed by atoms with E-state index in [0.29, 0.717) is 23.3 Å². The molecule has 0 spiro atoms. The molecule has 10 heteroatoms. The topological polar surface area (TPSA) is 78.4 Å². The van der Waals surface area contributed by atoms with Gasteiger partial charge < -0.3 is 9.47 Å². The molecule has 1 atom stereocenters. The molecule has 0 N–H and O–H groups in total. The number of methoxy groups -OCH3 is 1. The van der Waals surface area contributed by atoms with Crippen molar-refractivity contribution >= 4 is 9.84 Å². The Morgan fingerprint density at radius 2 is 1.81 bits per heavy atom. The lowest BCUT2D eigenvalue weighted by Gasteiger charge is -2.28. The van der Waals surface area contributed by atoms with Gasteiger partial charge >= 0.3 is 6.18 Å². The van der Waals surface area contributed by atoms with Crippen molar-refractivity contribution in [2.45, 2.75) is 29.2 Å². The Balaban J connectivity index is 1.69. The van der Waals surface area contributed by atoms with E-state index in [-0.39, 0.29) is 34.7 Å². The molecule has 32 heavy (non-hydrogen) atoms. The summed E-state index contributed by atoms with van der Waals surface area (Å²) in [5.41, 5.74) is 0.470. The average molecular weight is 464 g/mol. The zero-order valence-electron chi connectivity index (χ0n) is 17.0. The molecule has 2 heterocycles. The highest BCUT2D eigenvalue weighted by molar-refractivity contribution is 7.90. The lowest BCUT2D eigenvalue weighted by molar-refractivity contribution is -0.137. The van der Waals surface area contributed by atoms with E-state index in [9.17, 15) is 21.6 Å². The van der Waals surface area contributed by atoms with Crippen molar-refractivity contribution in [3.63, 3.8) is 0 Å². The molecule has 0 fully saturated rings. The van der Waals surface area contributed by atoms with Crippen LogP contribution in [0.15, 0.2) is 59.8 Å². The molecule has 3 aromatic rings. The summed E-state index contributed by atoms with van der Waals surface area (Å²) >= 11 is 0. The van der Waals surface area contributed by atoms with E-state index in [1.807, 2.05) is 0 Å². The van der Waals surface area contributed by atoms with Crippen LogP contribution in [0.4, 0.5) is 13.2 Å². The maximum absolute atomic E-state index is 13.1. The number of alkyl halides is 3. The second kappa shape index (κ2) is 8.42. The molecule has 4 rings (SSSR count).